The van der Waals surface area contributed by atoms with Crippen LogP contribution < -0.4 is 5.32 Å². The average molecular weight is 377 g/mol. The number of amides is 1. The Morgan fingerprint density at radius 1 is 1.11 bits per heavy atom. The molecule has 1 atom stereocenters. The smallest absolute Gasteiger partial charge is 0.273 e. The van der Waals surface area contributed by atoms with E-state index < -0.39 is 0 Å². The molecule has 0 bridgehead atoms. The lowest BCUT2D eigenvalue weighted by molar-refractivity contribution is -0.0293. The van der Waals surface area contributed by atoms with E-state index >= 15 is 0 Å². The zero-order valence-corrected chi connectivity index (χ0v) is 15.6. The second kappa shape index (κ2) is 8.82. The van der Waals surface area contributed by atoms with Crippen molar-refractivity contribution in [2.24, 2.45) is 0 Å². The molecule has 2 aromatic carbocycles. The van der Waals surface area contributed by atoms with Crippen molar-refractivity contribution in [1.82, 2.24) is 15.4 Å². The fourth-order valence-electron chi connectivity index (χ4n) is 3.31. The van der Waals surface area contributed by atoms with Crippen molar-refractivity contribution in [2.45, 2.75) is 12.6 Å². The minimum atomic E-state index is -0.255. The molecule has 0 radical (unpaired) electrons. The van der Waals surface area contributed by atoms with E-state index in [1.807, 2.05) is 36.4 Å². The van der Waals surface area contributed by atoms with Crippen LogP contribution in [0.5, 0.6) is 0 Å². The largest absolute Gasteiger partial charge is 0.374 e. The summed E-state index contributed by atoms with van der Waals surface area (Å²) < 4.78 is 11.1. The fraction of sp³-hybridized carbons (Fsp3) is 0.273. The zero-order chi connectivity index (χ0) is 19.2. The number of ether oxygens (including phenoxy) is 1. The molecule has 1 N–H and O–H groups in total. The van der Waals surface area contributed by atoms with E-state index in [0.29, 0.717) is 18.9 Å². The predicted octanol–water partition coefficient (Wildman–Crippen LogP) is 2.97. The Hall–Kier alpha value is -2.96. The van der Waals surface area contributed by atoms with Crippen LogP contribution in [0.2, 0.25) is 0 Å². The monoisotopic (exact) mass is 377 g/mol. The minimum Gasteiger partial charge on any atom is -0.374 e. The van der Waals surface area contributed by atoms with E-state index in [1.54, 1.807) is 6.07 Å². The lowest BCUT2D eigenvalue weighted by Gasteiger charge is -2.33. The third-order valence-corrected chi connectivity index (χ3v) is 4.76. The van der Waals surface area contributed by atoms with Crippen molar-refractivity contribution in [1.29, 1.82) is 0 Å². The summed E-state index contributed by atoms with van der Waals surface area (Å²) in [7, 11) is 0. The molecule has 144 valence electrons. The number of hydrogen-bond donors (Lipinski definition) is 1. The normalized spacial score (nSPS) is 17.4. The zero-order valence-electron chi connectivity index (χ0n) is 15.6. The number of hydrogen-bond acceptors (Lipinski definition) is 5. The van der Waals surface area contributed by atoms with E-state index in [2.05, 4.69) is 39.6 Å². The molecule has 1 fully saturated rings. The number of carbonyl (C=O) groups is 1. The van der Waals surface area contributed by atoms with Gasteiger partial charge in [-0.1, -0.05) is 65.8 Å². The van der Waals surface area contributed by atoms with Gasteiger partial charge in [0.1, 0.15) is 0 Å². The third-order valence-electron chi connectivity index (χ3n) is 4.76. The Kier molecular flexibility index (Phi) is 5.80. The molecule has 1 unspecified atom stereocenters. The van der Waals surface area contributed by atoms with Gasteiger partial charge in [-0.15, -0.1) is 0 Å². The molecular formula is C22H23N3O3. The second-order valence-electron chi connectivity index (χ2n) is 6.87. The van der Waals surface area contributed by atoms with Crippen molar-refractivity contribution in [2.75, 3.05) is 26.2 Å². The molecule has 1 amide bonds. The molecule has 1 aliphatic rings. The first-order valence-electron chi connectivity index (χ1n) is 9.46. The van der Waals surface area contributed by atoms with E-state index in [9.17, 15) is 4.79 Å². The Morgan fingerprint density at radius 2 is 1.86 bits per heavy atom. The lowest BCUT2D eigenvalue weighted by atomic mass is 10.1. The molecule has 3 aromatic rings. The molecule has 2 heterocycles. The second-order valence-corrected chi connectivity index (χ2v) is 6.87. The van der Waals surface area contributed by atoms with Crippen LogP contribution in [0, 0.1) is 0 Å². The molecule has 1 aliphatic heterocycles. The standard InChI is InChI=1S/C22H23N3O3/c26-22(20-13-21(28-24-20)18-9-5-2-6-10-18)23-14-19-16-25(11-12-27-19)15-17-7-3-1-4-8-17/h1-10,13,19H,11-12,14-16H2,(H,23,26). The number of rotatable bonds is 6. The van der Waals surface area contributed by atoms with E-state index in [1.165, 1.54) is 5.56 Å². The van der Waals surface area contributed by atoms with Crippen LogP contribution in [0.4, 0.5) is 0 Å². The Balaban J connectivity index is 1.29. The molecular weight excluding hydrogens is 354 g/mol. The molecule has 1 aromatic heterocycles. The lowest BCUT2D eigenvalue weighted by Crippen LogP contribution is -2.47. The molecule has 6 nitrogen and oxygen atoms in total. The highest BCUT2D eigenvalue weighted by Crippen LogP contribution is 2.19. The highest BCUT2D eigenvalue weighted by atomic mass is 16.5. The van der Waals surface area contributed by atoms with Gasteiger partial charge in [0.25, 0.3) is 5.91 Å². The SMILES string of the molecule is O=C(NCC1CN(Cc2ccccc2)CCO1)c1cc(-c2ccccc2)on1. The summed E-state index contributed by atoms with van der Waals surface area (Å²) in [6.45, 7) is 3.66. The quantitative estimate of drug-likeness (QED) is 0.715. The van der Waals surface area contributed by atoms with Crippen LogP contribution in [0.3, 0.4) is 0 Å². The van der Waals surface area contributed by atoms with Gasteiger partial charge < -0.3 is 14.6 Å². The minimum absolute atomic E-state index is 0.0399. The summed E-state index contributed by atoms with van der Waals surface area (Å²) in [6.07, 6.45) is -0.0399. The summed E-state index contributed by atoms with van der Waals surface area (Å²) >= 11 is 0. The fourth-order valence-corrected chi connectivity index (χ4v) is 3.31. The topological polar surface area (TPSA) is 67.6 Å². The number of aromatic nitrogens is 1. The summed E-state index contributed by atoms with van der Waals surface area (Å²) in [5.41, 5.74) is 2.44. The predicted molar refractivity (Wildman–Crippen MR) is 106 cm³/mol. The molecule has 0 saturated carbocycles. The Labute approximate surface area is 164 Å². The van der Waals surface area contributed by atoms with Crippen LogP contribution in [0.1, 0.15) is 16.1 Å². The van der Waals surface area contributed by atoms with Gasteiger partial charge in [0.05, 0.1) is 12.7 Å². The van der Waals surface area contributed by atoms with Gasteiger partial charge in [0, 0.05) is 37.8 Å². The van der Waals surface area contributed by atoms with Gasteiger partial charge in [0.2, 0.25) is 0 Å². The van der Waals surface area contributed by atoms with Crippen molar-refractivity contribution in [3.8, 4) is 11.3 Å². The van der Waals surface area contributed by atoms with E-state index in [-0.39, 0.29) is 17.7 Å². The van der Waals surface area contributed by atoms with Gasteiger partial charge in [-0.2, -0.15) is 0 Å². The maximum atomic E-state index is 12.4. The van der Waals surface area contributed by atoms with Crippen LogP contribution in [0.15, 0.2) is 71.3 Å². The highest BCUT2D eigenvalue weighted by molar-refractivity contribution is 5.93. The third kappa shape index (κ3) is 4.65. The maximum Gasteiger partial charge on any atom is 0.273 e. The van der Waals surface area contributed by atoms with E-state index in [0.717, 1.165) is 25.2 Å². The Morgan fingerprint density at radius 3 is 2.64 bits per heavy atom. The van der Waals surface area contributed by atoms with Crippen LogP contribution in [-0.4, -0.2) is 48.3 Å². The molecule has 0 aliphatic carbocycles. The number of nitrogens with zero attached hydrogens (tertiary/aromatic N) is 2. The van der Waals surface area contributed by atoms with Gasteiger partial charge in [0.15, 0.2) is 11.5 Å². The molecule has 4 rings (SSSR count). The van der Waals surface area contributed by atoms with Crippen molar-refractivity contribution in [3.63, 3.8) is 0 Å². The first kappa shape index (κ1) is 18.4. The molecule has 0 spiro atoms. The first-order valence-corrected chi connectivity index (χ1v) is 9.46. The summed E-state index contributed by atoms with van der Waals surface area (Å²) in [4.78, 5) is 14.7. The van der Waals surface area contributed by atoms with Crippen LogP contribution in [-0.2, 0) is 11.3 Å². The van der Waals surface area contributed by atoms with Gasteiger partial charge in [-0.3, -0.25) is 9.69 Å². The van der Waals surface area contributed by atoms with Crippen molar-refractivity contribution >= 4 is 5.91 Å². The van der Waals surface area contributed by atoms with Gasteiger partial charge >= 0.3 is 0 Å². The van der Waals surface area contributed by atoms with Crippen molar-refractivity contribution < 1.29 is 14.1 Å². The molecule has 1 saturated heterocycles. The van der Waals surface area contributed by atoms with Crippen LogP contribution in [0.25, 0.3) is 11.3 Å². The number of nitrogens with one attached hydrogen (secondary N) is 1. The first-order chi connectivity index (χ1) is 13.8. The molecule has 28 heavy (non-hydrogen) atoms. The van der Waals surface area contributed by atoms with Gasteiger partial charge in [-0.25, -0.2) is 0 Å². The summed E-state index contributed by atoms with van der Waals surface area (Å²) in [5, 5.41) is 6.79. The molecule has 6 heteroatoms. The summed E-state index contributed by atoms with van der Waals surface area (Å²) in [6, 6.07) is 21.6. The van der Waals surface area contributed by atoms with Gasteiger partial charge in [-0.05, 0) is 5.56 Å². The Bertz CT molecular complexity index is 896. The number of benzene rings is 2. The summed E-state index contributed by atoms with van der Waals surface area (Å²) in [5.74, 6) is 0.323. The maximum absolute atomic E-state index is 12.4. The average Bonchev–Trinajstić information content (AvgIpc) is 3.24. The van der Waals surface area contributed by atoms with Crippen LogP contribution >= 0.6 is 0 Å². The number of morpholine rings is 1. The number of carbonyl (C=O) groups excluding carboxylic acids is 1. The van der Waals surface area contributed by atoms with Crippen molar-refractivity contribution in [3.05, 3.63) is 78.0 Å². The van der Waals surface area contributed by atoms with E-state index in [4.69, 9.17) is 9.26 Å². The highest BCUT2D eigenvalue weighted by Gasteiger charge is 2.22.